The maximum atomic E-state index is 5.11. The Morgan fingerprint density at radius 1 is 1.50 bits per heavy atom. The van der Waals surface area contributed by atoms with Crippen LogP contribution in [-0.4, -0.2) is 61.9 Å². The number of hydrogen-bond acceptors (Lipinski definition) is 4. The summed E-state index contributed by atoms with van der Waals surface area (Å²) in [5, 5.41) is 0. The monoisotopic (exact) mass is 264 g/mol. The van der Waals surface area contributed by atoms with Gasteiger partial charge in [0.05, 0.1) is 6.61 Å². The van der Waals surface area contributed by atoms with Crippen molar-refractivity contribution in [1.82, 2.24) is 9.21 Å². The topological polar surface area (TPSA) is 15.7 Å². The van der Waals surface area contributed by atoms with Gasteiger partial charge in [-0.25, -0.2) is 0 Å². The van der Waals surface area contributed by atoms with Crippen molar-refractivity contribution in [2.45, 2.75) is 18.9 Å². The molecular weight excluding hydrogens is 240 g/mol. The second-order valence-electron chi connectivity index (χ2n) is 5.35. The van der Waals surface area contributed by atoms with Gasteiger partial charge in [0.1, 0.15) is 0 Å². The lowest BCUT2D eigenvalue weighted by Crippen LogP contribution is -2.64. The van der Waals surface area contributed by atoms with Gasteiger partial charge in [-0.15, -0.1) is 11.7 Å². The van der Waals surface area contributed by atoms with E-state index >= 15 is 0 Å². The summed E-state index contributed by atoms with van der Waals surface area (Å²) in [5.41, 5.74) is 0.658. The molecule has 0 aromatic heterocycles. The van der Waals surface area contributed by atoms with Crippen LogP contribution in [0.2, 0.25) is 0 Å². The first-order valence-corrected chi connectivity index (χ1v) is 8.82. The van der Waals surface area contributed by atoms with Crippen LogP contribution in [0, 0.1) is 5.41 Å². The van der Waals surface area contributed by atoms with E-state index in [1.807, 2.05) is 0 Å². The second kappa shape index (κ2) is 5.06. The highest BCUT2D eigenvalue weighted by Gasteiger charge is 2.53. The molecule has 1 aliphatic heterocycles. The number of likely N-dealkylation sites (N-methyl/N-ethyl adjacent to an activating group) is 1. The van der Waals surface area contributed by atoms with Crippen molar-refractivity contribution in [3.63, 3.8) is 0 Å². The summed E-state index contributed by atoms with van der Waals surface area (Å²) in [5.74, 6) is 0. The van der Waals surface area contributed by atoms with Crippen molar-refractivity contribution in [2.24, 2.45) is 5.41 Å². The van der Waals surface area contributed by atoms with Gasteiger partial charge >= 0.3 is 0 Å². The van der Waals surface area contributed by atoms with E-state index in [0.29, 0.717) is 5.41 Å². The number of methoxy groups -OCH3 is 1. The van der Waals surface area contributed by atoms with Gasteiger partial charge in [0.15, 0.2) is 0 Å². The molecule has 5 heteroatoms. The van der Waals surface area contributed by atoms with Crippen molar-refractivity contribution < 1.29 is 4.74 Å². The standard InChI is InChI=1S/C11H24N2OS2/c1-12(4-5-14-2)10-6-11(7-10)8-13(9-11)16(3)15/h10,15-16H,4-9H2,1-3H3. The van der Waals surface area contributed by atoms with E-state index in [1.165, 1.54) is 25.9 Å². The van der Waals surface area contributed by atoms with E-state index in [-0.39, 0.29) is 10.1 Å². The summed E-state index contributed by atoms with van der Waals surface area (Å²) in [6, 6.07) is 0.792. The Kier molecular flexibility index (Phi) is 4.12. The Labute approximate surface area is 107 Å². The minimum Gasteiger partial charge on any atom is -0.383 e. The molecule has 2 fully saturated rings. The molecule has 3 nitrogen and oxygen atoms in total. The SMILES string of the molecule is COCCN(C)C1CC2(C1)CN([SH](C)S)C2. The van der Waals surface area contributed by atoms with Crippen molar-refractivity contribution in [2.75, 3.05) is 46.7 Å². The van der Waals surface area contributed by atoms with Crippen molar-refractivity contribution >= 4 is 21.8 Å². The number of thiol groups is 2. The van der Waals surface area contributed by atoms with Gasteiger partial charge in [-0.05, 0) is 26.1 Å². The molecule has 2 rings (SSSR count). The molecule has 0 radical (unpaired) electrons. The fourth-order valence-electron chi connectivity index (χ4n) is 2.86. The quantitative estimate of drug-likeness (QED) is 0.577. The van der Waals surface area contributed by atoms with Crippen LogP contribution in [0.4, 0.5) is 0 Å². The molecule has 0 bridgehead atoms. The first kappa shape index (κ1) is 13.0. The zero-order valence-electron chi connectivity index (χ0n) is 10.5. The fraction of sp³-hybridized carbons (Fsp3) is 1.00. The van der Waals surface area contributed by atoms with Crippen molar-refractivity contribution in [3.05, 3.63) is 0 Å². The molecule has 0 amide bonds. The summed E-state index contributed by atoms with van der Waals surface area (Å²) in [6.45, 7) is 4.48. The van der Waals surface area contributed by atoms with E-state index < -0.39 is 0 Å². The zero-order valence-corrected chi connectivity index (χ0v) is 12.3. The molecular formula is C11H24N2OS2. The normalized spacial score (nSPS) is 27.9. The van der Waals surface area contributed by atoms with E-state index in [2.05, 4.69) is 34.2 Å². The Bertz CT molecular complexity index is 236. The molecule has 2 aliphatic rings. The highest BCUT2D eigenvalue weighted by molar-refractivity contribution is 8.76. The molecule has 0 aromatic rings. The summed E-state index contributed by atoms with van der Waals surface area (Å²) in [7, 11) is 3.84. The Hall–Kier alpha value is 0.580. The Balaban J connectivity index is 1.67. The van der Waals surface area contributed by atoms with Crippen LogP contribution >= 0.6 is 21.8 Å². The molecule has 1 aliphatic carbocycles. The lowest BCUT2D eigenvalue weighted by atomic mass is 9.61. The lowest BCUT2D eigenvalue weighted by Gasteiger charge is -2.62. The Morgan fingerprint density at radius 2 is 2.12 bits per heavy atom. The van der Waals surface area contributed by atoms with Gasteiger partial charge in [0, 0.05) is 38.2 Å². The first-order valence-electron chi connectivity index (χ1n) is 5.93. The van der Waals surface area contributed by atoms with Crippen LogP contribution in [0.3, 0.4) is 0 Å². The molecule has 16 heavy (non-hydrogen) atoms. The summed E-state index contributed by atoms with van der Waals surface area (Å²) < 4.78 is 7.63. The summed E-state index contributed by atoms with van der Waals surface area (Å²) in [6.07, 6.45) is 4.98. The maximum absolute atomic E-state index is 5.11. The molecule has 1 saturated heterocycles. The van der Waals surface area contributed by atoms with Crippen LogP contribution in [-0.2, 0) is 4.74 Å². The molecule has 0 N–H and O–H groups in total. The van der Waals surface area contributed by atoms with Gasteiger partial charge < -0.3 is 9.64 Å². The number of hydrogen-bond donors (Lipinski definition) is 2. The highest BCUT2D eigenvalue weighted by atomic mass is 33.1. The van der Waals surface area contributed by atoms with E-state index in [0.717, 1.165) is 19.2 Å². The number of nitrogens with zero attached hydrogens (tertiary/aromatic N) is 2. The summed E-state index contributed by atoms with van der Waals surface area (Å²) in [4.78, 5) is 2.45. The van der Waals surface area contributed by atoms with E-state index in [4.69, 9.17) is 4.74 Å². The average molecular weight is 264 g/mol. The van der Waals surface area contributed by atoms with Crippen LogP contribution in [0.15, 0.2) is 0 Å². The average Bonchev–Trinajstić information content (AvgIpc) is 2.09. The maximum Gasteiger partial charge on any atom is 0.0589 e. The van der Waals surface area contributed by atoms with Crippen LogP contribution in [0.1, 0.15) is 12.8 Å². The number of rotatable bonds is 5. The minimum atomic E-state index is -0.150. The van der Waals surface area contributed by atoms with Crippen molar-refractivity contribution in [3.8, 4) is 0 Å². The summed E-state index contributed by atoms with van der Waals surface area (Å²) >= 11 is 4.54. The van der Waals surface area contributed by atoms with Crippen LogP contribution in [0.25, 0.3) is 0 Å². The molecule has 1 heterocycles. The van der Waals surface area contributed by atoms with Crippen LogP contribution in [0.5, 0.6) is 0 Å². The van der Waals surface area contributed by atoms with Crippen LogP contribution < -0.4 is 0 Å². The largest absolute Gasteiger partial charge is 0.383 e. The van der Waals surface area contributed by atoms with Gasteiger partial charge in [0.25, 0.3) is 0 Å². The van der Waals surface area contributed by atoms with Gasteiger partial charge in [-0.2, -0.15) is 10.1 Å². The molecule has 1 unspecified atom stereocenters. The second-order valence-corrected chi connectivity index (χ2v) is 8.63. The van der Waals surface area contributed by atoms with Gasteiger partial charge in [0.2, 0.25) is 0 Å². The molecule has 0 aromatic carbocycles. The molecule has 1 atom stereocenters. The molecule has 96 valence electrons. The van der Waals surface area contributed by atoms with Gasteiger partial charge in [-0.3, -0.25) is 4.31 Å². The fourth-order valence-corrected chi connectivity index (χ4v) is 4.25. The highest BCUT2D eigenvalue weighted by Crippen LogP contribution is 2.54. The third-order valence-corrected chi connectivity index (χ3v) is 5.91. The molecule has 1 spiro atoms. The predicted octanol–water partition coefficient (Wildman–Crippen LogP) is 1.42. The van der Waals surface area contributed by atoms with E-state index in [9.17, 15) is 0 Å². The Morgan fingerprint density at radius 3 is 2.62 bits per heavy atom. The predicted molar refractivity (Wildman–Crippen MR) is 75.4 cm³/mol. The van der Waals surface area contributed by atoms with Crippen molar-refractivity contribution in [1.29, 1.82) is 0 Å². The van der Waals surface area contributed by atoms with E-state index in [1.54, 1.807) is 7.11 Å². The minimum absolute atomic E-state index is 0.150. The number of ether oxygens (including phenoxy) is 1. The third kappa shape index (κ3) is 2.53. The molecule has 1 saturated carbocycles. The van der Waals surface area contributed by atoms with Gasteiger partial charge in [-0.1, -0.05) is 0 Å². The third-order valence-electron chi connectivity index (χ3n) is 4.05. The zero-order chi connectivity index (χ0) is 11.8. The smallest absolute Gasteiger partial charge is 0.0589 e. The lowest BCUT2D eigenvalue weighted by molar-refractivity contribution is -0.0682. The first-order chi connectivity index (χ1) is 7.56.